The molecule has 0 bridgehead atoms. The van der Waals surface area contributed by atoms with Gasteiger partial charge in [-0.2, -0.15) is 0 Å². The summed E-state index contributed by atoms with van der Waals surface area (Å²) in [5.41, 5.74) is 2.78. The Morgan fingerprint density at radius 2 is 2.26 bits per heavy atom. The van der Waals surface area contributed by atoms with Crippen LogP contribution in [-0.4, -0.2) is 37.7 Å². The van der Waals surface area contributed by atoms with E-state index in [0.717, 1.165) is 50.9 Å². The third-order valence-electron chi connectivity index (χ3n) is 3.93. The van der Waals surface area contributed by atoms with Gasteiger partial charge in [-0.15, -0.1) is 0 Å². The van der Waals surface area contributed by atoms with Crippen LogP contribution < -0.4 is 10.1 Å². The highest BCUT2D eigenvalue weighted by Gasteiger charge is 2.19. The zero-order valence-corrected chi connectivity index (χ0v) is 11.8. The predicted octanol–water partition coefficient (Wildman–Crippen LogP) is 2.20. The molecule has 1 saturated carbocycles. The van der Waals surface area contributed by atoms with E-state index in [1.165, 1.54) is 24.0 Å². The highest BCUT2D eigenvalue weighted by Crippen LogP contribution is 2.25. The van der Waals surface area contributed by atoms with Crippen molar-refractivity contribution in [1.29, 1.82) is 0 Å². The van der Waals surface area contributed by atoms with E-state index in [-0.39, 0.29) is 0 Å². The molecule has 0 radical (unpaired) electrons. The molecule has 0 spiro atoms. The van der Waals surface area contributed by atoms with Crippen molar-refractivity contribution in [2.45, 2.75) is 38.3 Å². The van der Waals surface area contributed by atoms with E-state index < -0.39 is 0 Å². The van der Waals surface area contributed by atoms with Gasteiger partial charge in [0.15, 0.2) is 0 Å². The maximum atomic E-state index is 5.66. The molecular weight excluding hydrogens is 236 g/mol. The third-order valence-corrected chi connectivity index (χ3v) is 3.93. The lowest BCUT2D eigenvalue weighted by Gasteiger charge is -2.20. The molecule has 0 amide bonds. The highest BCUT2D eigenvalue weighted by molar-refractivity contribution is 5.38. The van der Waals surface area contributed by atoms with E-state index >= 15 is 0 Å². The van der Waals surface area contributed by atoms with Gasteiger partial charge in [0, 0.05) is 25.7 Å². The number of nitrogens with one attached hydrogen (secondary N) is 1. The Labute approximate surface area is 115 Å². The van der Waals surface area contributed by atoms with Crippen molar-refractivity contribution < 1.29 is 4.74 Å². The van der Waals surface area contributed by atoms with Crippen molar-refractivity contribution in [3.63, 3.8) is 0 Å². The van der Waals surface area contributed by atoms with Gasteiger partial charge in [-0.1, -0.05) is 12.1 Å². The van der Waals surface area contributed by atoms with Gasteiger partial charge in [0.25, 0.3) is 0 Å². The molecule has 1 aromatic rings. The van der Waals surface area contributed by atoms with Gasteiger partial charge in [-0.05, 0) is 49.9 Å². The van der Waals surface area contributed by atoms with Gasteiger partial charge in [-0.25, -0.2) is 0 Å². The summed E-state index contributed by atoms with van der Waals surface area (Å²) in [5, 5.41) is 3.56. The van der Waals surface area contributed by atoms with Crippen LogP contribution in [0, 0.1) is 0 Å². The topological polar surface area (TPSA) is 24.5 Å². The minimum absolute atomic E-state index is 0.814. The van der Waals surface area contributed by atoms with Crippen LogP contribution in [0.15, 0.2) is 18.2 Å². The van der Waals surface area contributed by atoms with Crippen LogP contribution in [0.5, 0.6) is 5.75 Å². The molecule has 3 heteroatoms. The van der Waals surface area contributed by atoms with Gasteiger partial charge in [0.2, 0.25) is 0 Å². The molecule has 3 rings (SSSR count). The molecule has 0 unspecified atom stereocenters. The molecule has 2 aliphatic rings. The predicted molar refractivity (Wildman–Crippen MR) is 77.6 cm³/mol. The lowest BCUT2D eigenvalue weighted by atomic mass is 10.0. The Hall–Kier alpha value is -1.06. The highest BCUT2D eigenvalue weighted by atomic mass is 16.5. The number of ether oxygens (including phenoxy) is 1. The fraction of sp³-hybridized carbons (Fsp3) is 0.625. The van der Waals surface area contributed by atoms with E-state index in [1.807, 2.05) is 0 Å². The van der Waals surface area contributed by atoms with Crippen LogP contribution in [0.2, 0.25) is 0 Å². The van der Waals surface area contributed by atoms with Crippen molar-refractivity contribution in [2.75, 3.05) is 26.7 Å². The molecule has 0 aromatic heterocycles. The quantitative estimate of drug-likeness (QED) is 0.848. The second kappa shape index (κ2) is 5.93. The van der Waals surface area contributed by atoms with Crippen LogP contribution in [0.1, 0.15) is 30.4 Å². The second-order valence-electron chi connectivity index (χ2n) is 5.86. The molecule has 0 saturated heterocycles. The number of hydrogen-bond acceptors (Lipinski definition) is 3. The molecule has 1 aliphatic heterocycles. The summed E-state index contributed by atoms with van der Waals surface area (Å²) in [4.78, 5) is 2.39. The number of aryl methyl sites for hydroxylation is 1. The Morgan fingerprint density at radius 3 is 3.11 bits per heavy atom. The molecule has 0 atom stereocenters. The van der Waals surface area contributed by atoms with Gasteiger partial charge in [-0.3, -0.25) is 0 Å². The SMILES string of the molecule is CN(CCNC1CC1)Cc1ccc2c(c1)CCCO2. The minimum atomic E-state index is 0.814. The molecule has 19 heavy (non-hydrogen) atoms. The summed E-state index contributed by atoms with van der Waals surface area (Å²) in [6.45, 7) is 4.12. The van der Waals surface area contributed by atoms with Gasteiger partial charge >= 0.3 is 0 Å². The van der Waals surface area contributed by atoms with E-state index in [1.54, 1.807) is 0 Å². The maximum absolute atomic E-state index is 5.66. The van der Waals surface area contributed by atoms with Crippen molar-refractivity contribution in [3.05, 3.63) is 29.3 Å². The molecular formula is C16H24N2O. The fourth-order valence-electron chi connectivity index (χ4n) is 2.65. The number of nitrogens with zero attached hydrogens (tertiary/aromatic N) is 1. The number of rotatable bonds is 6. The monoisotopic (exact) mass is 260 g/mol. The van der Waals surface area contributed by atoms with Gasteiger partial charge in [0.1, 0.15) is 5.75 Å². The average Bonchev–Trinajstić information content (AvgIpc) is 3.23. The lowest BCUT2D eigenvalue weighted by molar-refractivity contribution is 0.287. The Morgan fingerprint density at radius 1 is 1.37 bits per heavy atom. The van der Waals surface area contributed by atoms with Crippen LogP contribution in [0.3, 0.4) is 0 Å². The number of likely N-dealkylation sites (N-methyl/N-ethyl adjacent to an activating group) is 1. The summed E-state index contributed by atoms with van der Waals surface area (Å²) in [7, 11) is 2.20. The zero-order chi connectivity index (χ0) is 13.1. The summed E-state index contributed by atoms with van der Waals surface area (Å²) < 4.78 is 5.66. The molecule has 1 aromatic carbocycles. The second-order valence-corrected chi connectivity index (χ2v) is 5.86. The Bertz CT molecular complexity index is 429. The van der Waals surface area contributed by atoms with Gasteiger partial charge in [0.05, 0.1) is 6.61 Å². The van der Waals surface area contributed by atoms with Gasteiger partial charge < -0.3 is 15.0 Å². The Kier molecular flexibility index (Phi) is 4.04. The van der Waals surface area contributed by atoms with E-state index in [2.05, 4.69) is 35.5 Å². The molecule has 1 N–H and O–H groups in total. The zero-order valence-electron chi connectivity index (χ0n) is 11.8. The number of fused-ring (bicyclic) bond motifs is 1. The third kappa shape index (κ3) is 3.71. The first-order valence-electron chi connectivity index (χ1n) is 7.48. The maximum Gasteiger partial charge on any atom is 0.122 e. The standard InChI is InChI=1S/C16H24N2O/c1-18(9-8-17-15-5-6-15)12-13-4-7-16-14(11-13)3-2-10-19-16/h4,7,11,15,17H,2-3,5-6,8-10,12H2,1H3. The van der Waals surface area contributed by atoms with Crippen LogP contribution in [0.25, 0.3) is 0 Å². The van der Waals surface area contributed by atoms with Crippen LogP contribution >= 0.6 is 0 Å². The number of benzene rings is 1. The van der Waals surface area contributed by atoms with E-state index in [4.69, 9.17) is 4.74 Å². The lowest BCUT2D eigenvalue weighted by Crippen LogP contribution is -2.30. The first-order chi connectivity index (χ1) is 9.31. The number of hydrogen-bond donors (Lipinski definition) is 1. The van der Waals surface area contributed by atoms with E-state index in [0.29, 0.717) is 0 Å². The normalized spacial score (nSPS) is 18.2. The van der Waals surface area contributed by atoms with Crippen molar-refractivity contribution in [3.8, 4) is 5.75 Å². The van der Waals surface area contributed by atoms with E-state index in [9.17, 15) is 0 Å². The van der Waals surface area contributed by atoms with Crippen molar-refractivity contribution in [1.82, 2.24) is 10.2 Å². The van der Waals surface area contributed by atoms with Crippen LogP contribution in [0.4, 0.5) is 0 Å². The Balaban J connectivity index is 1.50. The minimum Gasteiger partial charge on any atom is -0.493 e. The molecule has 3 nitrogen and oxygen atoms in total. The molecule has 104 valence electrons. The molecule has 1 heterocycles. The largest absolute Gasteiger partial charge is 0.493 e. The molecule has 1 fully saturated rings. The summed E-state index contributed by atoms with van der Waals surface area (Å²) >= 11 is 0. The first kappa shape index (κ1) is 12.9. The first-order valence-corrected chi connectivity index (χ1v) is 7.48. The fourth-order valence-corrected chi connectivity index (χ4v) is 2.65. The smallest absolute Gasteiger partial charge is 0.122 e. The molecule has 1 aliphatic carbocycles. The van der Waals surface area contributed by atoms with Crippen molar-refractivity contribution in [2.24, 2.45) is 0 Å². The van der Waals surface area contributed by atoms with Crippen molar-refractivity contribution >= 4 is 0 Å². The average molecular weight is 260 g/mol. The summed E-state index contributed by atoms with van der Waals surface area (Å²) in [6, 6.07) is 7.48. The van der Waals surface area contributed by atoms with Crippen LogP contribution in [-0.2, 0) is 13.0 Å². The summed E-state index contributed by atoms with van der Waals surface area (Å²) in [6.07, 6.45) is 5.05. The summed E-state index contributed by atoms with van der Waals surface area (Å²) in [5.74, 6) is 1.09.